The van der Waals surface area contributed by atoms with Gasteiger partial charge in [-0.25, -0.2) is 0 Å². The molecule has 72 valence electrons. The first-order chi connectivity index (χ1) is 6.86. The Bertz CT molecular complexity index is 371. The van der Waals surface area contributed by atoms with Crippen LogP contribution in [0.15, 0.2) is 47.3 Å². The normalized spacial score (nSPS) is 12.6. The third kappa shape index (κ3) is 2.23. The number of hydrogen-bond donors (Lipinski definition) is 0. The number of pyridine rings is 1. The van der Waals surface area contributed by atoms with E-state index in [9.17, 15) is 0 Å². The first-order valence-electron chi connectivity index (χ1n) is 4.42. The van der Waals surface area contributed by atoms with Gasteiger partial charge in [-0.15, -0.1) is 0 Å². The van der Waals surface area contributed by atoms with E-state index in [0.29, 0.717) is 0 Å². The summed E-state index contributed by atoms with van der Waals surface area (Å²) in [4.78, 5) is 4.21. The van der Waals surface area contributed by atoms with Crippen LogP contribution in [-0.2, 0) is 6.42 Å². The molecular weight excluding hydrogens is 242 g/mol. The van der Waals surface area contributed by atoms with Crippen LogP contribution in [-0.4, -0.2) is 4.98 Å². The number of hydrogen-bond acceptors (Lipinski definition) is 2. The molecular formula is C11H10BrNO. The van der Waals surface area contributed by atoms with Crippen molar-refractivity contribution in [2.75, 3.05) is 0 Å². The maximum atomic E-state index is 5.30. The van der Waals surface area contributed by atoms with E-state index in [1.807, 2.05) is 24.3 Å². The number of aromatic nitrogens is 1. The van der Waals surface area contributed by atoms with Crippen LogP contribution in [0.5, 0.6) is 0 Å². The Balaban J connectivity index is 2.06. The highest BCUT2D eigenvalue weighted by atomic mass is 79.9. The van der Waals surface area contributed by atoms with Crippen molar-refractivity contribution in [1.82, 2.24) is 4.98 Å². The molecule has 0 fully saturated rings. The van der Waals surface area contributed by atoms with Crippen molar-refractivity contribution in [2.24, 2.45) is 0 Å². The van der Waals surface area contributed by atoms with Crippen molar-refractivity contribution in [3.05, 3.63) is 54.2 Å². The lowest BCUT2D eigenvalue weighted by molar-refractivity contribution is 0.507. The van der Waals surface area contributed by atoms with E-state index in [-0.39, 0.29) is 4.83 Å². The second kappa shape index (κ2) is 4.42. The van der Waals surface area contributed by atoms with Crippen molar-refractivity contribution in [1.29, 1.82) is 0 Å². The predicted molar refractivity (Wildman–Crippen MR) is 58.3 cm³/mol. The summed E-state index contributed by atoms with van der Waals surface area (Å²) in [5.74, 6) is 0.960. The molecule has 0 saturated carbocycles. The summed E-state index contributed by atoms with van der Waals surface area (Å²) in [6.45, 7) is 0. The fourth-order valence-electron chi connectivity index (χ4n) is 1.30. The number of halogens is 1. The lowest BCUT2D eigenvalue weighted by atomic mass is 10.1. The zero-order valence-corrected chi connectivity index (χ0v) is 9.15. The molecule has 0 aliphatic carbocycles. The molecule has 1 atom stereocenters. The lowest BCUT2D eigenvalue weighted by Gasteiger charge is -2.05. The van der Waals surface area contributed by atoms with Gasteiger partial charge in [0, 0.05) is 12.4 Å². The molecule has 1 unspecified atom stereocenters. The van der Waals surface area contributed by atoms with Gasteiger partial charge in [0.15, 0.2) is 0 Å². The van der Waals surface area contributed by atoms with Crippen LogP contribution in [0.2, 0.25) is 0 Å². The van der Waals surface area contributed by atoms with Gasteiger partial charge in [-0.05, 0) is 36.2 Å². The van der Waals surface area contributed by atoms with Crippen LogP contribution in [0.25, 0.3) is 0 Å². The minimum absolute atomic E-state index is 0.236. The maximum Gasteiger partial charge on any atom is 0.117 e. The highest BCUT2D eigenvalue weighted by Crippen LogP contribution is 2.26. The lowest BCUT2D eigenvalue weighted by Crippen LogP contribution is -1.93. The third-order valence-electron chi connectivity index (χ3n) is 2.02. The van der Waals surface area contributed by atoms with Crippen LogP contribution in [0.4, 0.5) is 0 Å². The van der Waals surface area contributed by atoms with Gasteiger partial charge in [0.05, 0.1) is 11.1 Å². The van der Waals surface area contributed by atoms with Crippen molar-refractivity contribution < 1.29 is 4.42 Å². The summed E-state index contributed by atoms with van der Waals surface area (Å²) in [5.41, 5.74) is 1.25. The SMILES string of the molecule is BrC(Cc1ccncc1)c1ccco1. The summed E-state index contributed by atoms with van der Waals surface area (Å²) in [7, 11) is 0. The molecule has 0 amide bonds. The zero-order chi connectivity index (χ0) is 9.80. The molecule has 0 bridgehead atoms. The van der Waals surface area contributed by atoms with E-state index in [2.05, 4.69) is 20.9 Å². The number of rotatable bonds is 3. The van der Waals surface area contributed by atoms with E-state index in [1.165, 1.54) is 5.56 Å². The Labute approximate surface area is 91.1 Å². The third-order valence-corrected chi connectivity index (χ3v) is 2.79. The summed E-state index contributed by atoms with van der Waals surface area (Å²) in [6.07, 6.45) is 6.21. The highest BCUT2D eigenvalue weighted by Gasteiger charge is 2.10. The highest BCUT2D eigenvalue weighted by molar-refractivity contribution is 9.09. The number of nitrogens with zero attached hydrogens (tertiary/aromatic N) is 1. The topological polar surface area (TPSA) is 26.0 Å². The van der Waals surface area contributed by atoms with Gasteiger partial charge in [-0.3, -0.25) is 4.98 Å². The zero-order valence-electron chi connectivity index (χ0n) is 7.56. The Morgan fingerprint density at radius 2 is 2.07 bits per heavy atom. The van der Waals surface area contributed by atoms with Crippen LogP contribution >= 0.6 is 15.9 Å². The molecule has 2 aromatic heterocycles. The smallest absolute Gasteiger partial charge is 0.117 e. The van der Waals surface area contributed by atoms with E-state index in [4.69, 9.17) is 4.42 Å². The number of furan rings is 1. The molecule has 14 heavy (non-hydrogen) atoms. The van der Waals surface area contributed by atoms with Crippen LogP contribution in [0.3, 0.4) is 0 Å². The van der Waals surface area contributed by atoms with E-state index in [1.54, 1.807) is 18.7 Å². The predicted octanol–water partition coefficient (Wildman–Crippen LogP) is 3.35. The average molecular weight is 252 g/mol. The summed E-state index contributed by atoms with van der Waals surface area (Å²) >= 11 is 3.59. The van der Waals surface area contributed by atoms with Gasteiger partial charge in [-0.2, -0.15) is 0 Å². The van der Waals surface area contributed by atoms with Crippen molar-refractivity contribution in [3.63, 3.8) is 0 Å². The van der Waals surface area contributed by atoms with Crippen LogP contribution < -0.4 is 0 Å². The van der Waals surface area contributed by atoms with Crippen molar-refractivity contribution in [2.45, 2.75) is 11.2 Å². The molecule has 0 N–H and O–H groups in total. The molecule has 2 rings (SSSR count). The minimum Gasteiger partial charge on any atom is -0.468 e. The molecule has 2 aromatic rings. The van der Waals surface area contributed by atoms with Crippen molar-refractivity contribution in [3.8, 4) is 0 Å². The van der Waals surface area contributed by atoms with E-state index in [0.717, 1.165) is 12.2 Å². The molecule has 0 aliphatic rings. The Kier molecular flexibility index (Phi) is 2.99. The Morgan fingerprint density at radius 1 is 1.29 bits per heavy atom. The summed E-state index contributed by atoms with van der Waals surface area (Å²) in [6, 6.07) is 7.89. The van der Waals surface area contributed by atoms with Gasteiger partial charge in [0.1, 0.15) is 5.76 Å². The quantitative estimate of drug-likeness (QED) is 0.783. The molecule has 3 heteroatoms. The van der Waals surface area contributed by atoms with E-state index >= 15 is 0 Å². The molecule has 0 aromatic carbocycles. The molecule has 2 nitrogen and oxygen atoms in total. The first-order valence-corrected chi connectivity index (χ1v) is 5.34. The molecule has 0 spiro atoms. The second-order valence-corrected chi connectivity index (χ2v) is 4.15. The standard InChI is InChI=1S/C11H10BrNO/c12-10(11-2-1-7-14-11)8-9-3-5-13-6-4-9/h1-7,10H,8H2. The monoisotopic (exact) mass is 251 g/mol. The largest absolute Gasteiger partial charge is 0.468 e. The van der Waals surface area contributed by atoms with E-state index < -0.39 is 0 Å². The Hall–Kier alpha value is -1.09. The molecule has 0 saturated heterocycles. The minimum atomic E-state index is 0.236. The molecule has 0 radical (unpaired) electrons. The summed E-state index contributed by atoms with van der Waals surface area (Å²) in [5, 5.41) is 0. The first kappa shape index (κ1) is 9.46. The van der Waals surface area contributed by atoms with Crippen LogP contribution in [0, 0.1) is 0 Å². The second-order valence-electron chi connectivity index (χ2n) is 3.04. The fourth-order valence-corrected chi connectivity index (χ4v) is 1.93. The van der Waals surface area contributed by atoms with Gasteiger partial charge in [0.25, 0.3) is 0 Å². The average Bonchev–Trinajstić information content (AvgIpc) is 2.72. The Morgan fingerprint density at radius 3 is 2.71 bits per heavy atom. The van der Waals surface area contributed by atoms with Gasteiger partial charge in [-0.1, -0.05) is 15.9 Å². The van der Waals surface area contributed by atoms with Gasteiger partial charge in [0.2, 0.25) is 0 Å². The van der Waals surface area contributed by atoms with Gasteiger partial charge < -0.3 is 4.42 Å². The van der Waals surface area contributed by atoms with Gasteiger partial charge >= 0.3 is 0 Å². The number of alkyl halides is 1. The maximum absolute atomic E-state index is 5.30. The molecule has 0 aliphatic heterocycles. The van der Waals surface area contributed by atoms with Crippen LogP contribution in [0.1, 0.15) is 16.2 Å². The molecule has 2 heterocycles. The fraction of sp³-hybridized carbons (Fsp3) is 0.182. The van der Waals surface area contributed by atoms with Crippen molar-refractivity contribution >= 4 is 15.9 Å². The summed E-state index contributed by atoms with van der Waals surface area (Å²) < 4.78 is 5.30.